The maximum absolute atomic E-state index is 11.6. The Hall–Kier alpha value is -0.230. The highest BCUT2D eigenvalue weighted by Gasteiger charge is 2.15. The molecule has 1 aromatic rings. The third kappa shape index (κ3) is 4.87. The van der Waals surface area contributed by atoms with Crippen molar-refractivity contribution in [3.05, 3.63) is 21.3 Å². The van der Waals surface area contributed by atoms with Gasteiger partial charge >= 0.3 is 0 Å². The van der Waals surface area contributed by atoms with Gasteiger partial charge in [-0.1, -0.05) is 18.5 Å². The Morgan fingerprint density at radius 3 is 2.88 bits per heavy atom. The molecule has 96 valence electrons. The van der Waals surface area contributed by atoms with E-state index in [0.717, 1.165) is 10.6 Å². The summed E-state index contributed by atoms with van der Waals surface area (Å²) in [5.74, 6) is 0.720. The van der Waals surface area contributed by atoms with Gasteiger partial charge in [-0.25, -0.2) is 0 Å². The van der Waals surface area contributed by atoms with E-state index in [9.17, 15) is 9.90 Å². The number of halogens is 1. The Balaban J connectivity index is 2.38. The van der Waals surface area contributed by atoms with Gasteiger partial charge in [0.25, 0.3) is 0 Å². The van der Waals surface area contributed by atoms with E-state index in [2.05, 4.69) is 5.32 Å². The minimum absolute atomic E-state index is 0.0268. The number of nitrogens with one attached hydrogen (secondary N) is 1. The maximum Gasteiger partial charge on any atom is 0.223 e. The van der Waals surface area contributed by atoms with Crippen LogP contribution in [0.2, 0.25) is 4.34 Å². The van der Waals surface area contributed by atoms with Gasteiger partial charge in [-0.05, 0) is 18.4 Å². The van der Waals surface area contributed by atoms with Crippen LogP contribution in [0, 0.1) is 5.92 Å². The topological polar surface area (TPSA) is 49.3 Å². The number of amides is 1. The first-order valence-corrected chi connectivity index (χ1v) is 7.83. The van der Waals surface area contributed by atoms with Crippen LogP contribution in [0.4, 0.5) is 0 Å². The predicted molar refractivity (Wildman–Crippen MR) is 74.8 cm³/mol. The number of thiophene rings is 1. The SMILES string of the molecule is CSCC(C)C(=O)NCC(O)c1ccc(Cl)s1. The lowest BCUT2D eigenvalue weighted by Gasteiger charge is -2.13. The fraction of sp³-hybridized carbons (Fsp3) is 0.545. The summed E-state index contributed by atoms with van der Waals surface area (Å²) in [6.07, 6.45) is 1.28. The highest BCUT2D eigenvalue weighted by Crippen LogP contribution is 2.26. The van der Waals surface area contributed by atoms with Crippen molar-refractivity contribution in [1.82, 2.24) is 5.32 Å². The molecule has 2 atom stereocenters. The molecule has 0 saturated heterocycles. The summed E-state index contributed by atoms with van der Waals surface area (Å²) in [4.78, 5) is 12.4. The first-order chi connectivity index (χ1) is 8.04. The van der Waals surface area contributed by atoms with E-state index in [0.29, 0.717) is 4.34 Å². The van der Waals surface area contributed by atoms with E-state index in [1.165, 1.54) is 11.3 Å². The molecule has 1 amide bonds. The minimum Gasteiger partial charge on any atom is -0.386 e. The Bertz CT molecular complexity index is 370. The zero-order chi connectivity index (χ0) is 12.8. The molecule has 0 spiro atoms. The molecule has 2 N–H and O–H groups in total. The van der Waals surface area contributed by atoms with Gasteiger partial charge in [0, 0.05) is 23.1 Å². The van der Waals surface area contributed by atoms with Crippen molar-refractivity contribution in [2.45, 2.75) is 13.0 Å². The minimum atomic E-state index is -0.682. The van der Waals surface area contributed by atoms with Gasteiger partial charge in [-0.2, -0.15) is 11.8 Å². The zero-order valence-electron chi connectivity index (χ0n) is 9.77. The van der Waals surface area contributed by atoms with Crippen LogP contribution < -0.4 is 5.32 Å². The number of carbonyl (C=O) groups is 1. The standard InChI is InChI=1S/C11H16ClNO2S2/c1-7(6-16-2)11(15)13-5-8(14)9-3-4-10(12)17-9/h3-4,7-8,14H,5-6H2,1-2H3,(H,13,15). The van der Waals surface area contributed by atoms with Crippen LogP contribution in [-0.2, 0) is 4.79 Å². The summed E-state index contributed by atoms with van der Waals surface area (Å²) in [6.45, 7) is 2.11. The number of hydrogen-bond acceptors (Lipinski definition) is 4. The van der Waals surface area contributed by atoms with Gasteiger partial charge < -0.3 is 10.4 Å². The van der Waals surface area contributed by atoms with Crippen LogP contribution in [0.25, 0.3) is 0 Å². The Labute approximate surface area is 115 Å². The molecule has 1 rings (SSSR count). The van der Waals surface area contributed by atoms with Crippen LogP contribution in [-0.4, -0.2) is 29.6 Å². The molecule has 17 heavy (non-hydrogen) atoms. The zero-order valence-corrected chi connectivity index (χ0v) is 12.2. The average Bonchev–Trinajstić information content (AvgIpc) is 2.72. The lowest BCUT2D eigenvalue weighted by Crippen LogP contribution is -2.33. The molecule has 0 aromatic carbocycles. The Morgan fingerprint density at radius 2 is 2.35 bits per heavy atom. The summed E-state index contributed by atoms with van der Waals surface area (Å²) >= 11 is 8.74. The summed E-state index contributed by atoms with van der Waals surface area (Å²) in [7, 11) is 0. The largest absolute Gasteiger partial charge is 0.386 e. The van der Waals surface area contributed by atoms with E-state index in [1.807, 2.05) is 13.2 Å². The summed E-state index contributed by atoms with van der Waals surface area (Å²) in [5.41, 5.74) is 0. The number of carbonyl (C=O) groups excluding carboxylic acids is 1. The lowest BCUT2D eigenvalue weighted by atomic mass is 10.2. The van der Waals surface area contributed by atoms with Crippen molar-refractivity contribution in [2.75, 3.05) is 18.6 Å². The normalized spacial score (nSPS) is 14.4. The molecule has 1 aromatic heterocycles. The van der Waals surface area contributed by atoms with Gasteiger partial charge in [-0.3, -0.25) is 4.79 Å². The molecule has 0 aliphatic rings. The molecule has 0 saturated carbocycles. The number of aliphatic hydroxyl groups is 1. The molecule has 2 unspecified atom stereocenters. The Morgan fingerprint density at radius 1 is 1.65 bits per heavy atom. The lowest BCUT2D eigenvalue weighted by molar-refractivity contribution is -0.124. The van der Waals surface area contributed by atoms with Crippen molar-refractivity contribution in [1.29, 1.82) is 0 Å². The highest BCUT2D eigenvalue weighted by atomic mass is 35.5. The highest BCUT2D eigenvalue weighted by molar-refractivity contribution is 7.98. The van der Waals surface area contributed by atoms with Crippen molar-refractivity contribution in [3.8, 4) is 0 Å². The predicted octanol–water partition coefficient (Wildman–Crippen LogP) is 2.55. The molecule has 0 bridgehead atoms. The van der Waals surface area contributed by atoms with Gasteiger partial charge in [0.2, 0.25) is 5.91 Å². The van der Waals surface area contributed by atoms with Crippen LogP contribution in [0.15, 0.2) is 12.1 Å². The van der Waals surface area contributed by atoms with Crippen LogP contribution in [0.5, 0.6) is 0 Å². The molecule has 1 heterocycles. The van der Waals surface area contributed by atoms with Crippen LogP contribution in [0.1, 0.15) is 17.9 Å². The summed E-state index contributed by atoms with van der Waals surface area (Å²) in [5, 5.41) is 12.6. The van der Waals surface area contributed by atoms with Crippen molar-refractivity contribution < 1.29 is 9.90 Å². The van der Waals surface area contributed by atoms with E-state index in [-0.39, 0.29) is 18.4 Å². The van der Waals surface area contributed by atoms with Crippen molar-refractivity contribution in [3.63, 3.8) is 0 Å². The van der Waals surface area contributed by atoms with Crippen LogP contribution in [0.3, 0.4) is 0 Å². The van der Waals surface area contributed by atoms with E-state index >= 15 is 0 Å². The first kappa shape index (κ1) is 14.8. The van der Waals surface area contributed by atoms with Gasteiger partial charge in [-0.15, -0.1) is 11.3 Å². The number of rotatable bonds is 6. The smallest absolute Gasteiger partial charge is 0.223 e. The molecular weight excluding hydrogens is 278 g/mol. The third-order valence-electron chi connectivity index (χ3n) is 2.26. The maximum atomic E-state index is 11.6. The fourth-order valence-electron chi connectivity index (χ4n) is 1.31. The molecule has 0 aliphatic carbocycles. The first-order valence-electron chi connectivity index (χ1n) is 5.24. The summed E-state index contributed by atoms with van der Waals surface area (Å²) in [6, 6.07) is 3.51. The van der Waals surface area contributed by atoms with Crippen molar-refractivity contribution >= 4 is 40.6 Å². The number of thioether (sulfide) groups is 1. The van der Waals surface area contributed by atoms with E-state index in [1.54, 1.807) is 23.9 Å². The fourth-order valence-corrected chi connectivity index (χ4v) is 3.00. The van der Waals surface area contributed by atoms with Crippen LogP contribution >= 0.6 is 34.7 Å². The molecule has 0 radical (unpaired) electrons. The monoisotopic (exact) mass is 293 g/mol. The summed E-state index contributed by atoms with van der Waals surface area (Å²) < 4.78 is 0.640. The second kappa shape index (κ2) is 7.26. The number of aliphatic hydroxyl groups excluding tert-OH is 1. The van der Waals surface area contributed by atoms with Crippen molar-refractivity contribution in [2.24, 2.45) is 5.92 Å². The second-order valence-electron chi connectivity index (χ2n) is 3.76. The van der Waals surface area contributed by atoms with E-state index < -0.39 is 6.10 Å². The molecule has 3 nitrogen and oxygen atoms in total. The number of hydrogen-bond donors (Lipinski definition) is 2. The molecule has 6 heteroatoms. The third-order valence-corrected chi connectivity index (χ3v) is 4.42. The van der Waals surface area contributed by atoms with Gasteiger partial charge in [0.15, 0.2) is 0 Å². The quantitative estimate of drug-likeness (QED) is 0.847. The average molecular weight is 294 g/mol. The molecule has 0 fully saturated rings. The van der Waals surface area contributed by atoms with E-state index in [4.69, 9.17) is 11.6 Å². The van der Waals surface area contributed by atoms with Gasteiger partial charge in [0.05, 0.1) is 4.34 Å². The Kier molecular flexibility index (Phi) is 6.33. The molecular formula is C11H16ClNO2S2. The van der Waals surface area contributed by atoms with Gasteiger partial charge in [0.1, 0.15) is 6.10 Å². The second-order valence-corrected chi connectivity index (χ2v) is 6.42. The molecule has 0 aliphatic heterocycles.